The summed E-state index contributed by atoms with van der Waals surface area (Å²) in [5.41, 5.74) is 0.578. The number of nitrogens with zero attached hydrogens (tertiary/aromatic N) is 2. The molecule has 0 saturated heterocycles. The summed E-state index contributed by atoms with van der Waals surface area (Å²) in [7, 11) is 1.29. The van der Waals surface area contributed by atoms with E-state index in [9.17, 15) is 9.59 Å². The molecule has 1 aromatic carbocycles. The fraction of sp³-hybridized carbons (Fsp3) is 0.214. The van der Waals surface area contributed by atoms with Crippen LogP contribution >= 0.6 is 0 Å². The van der Waals surface area contributed by atoms with Gasteiger partial charge in [-0.05, 0) is 18.2 Å². The van der Waals surface area contributed by atoms with Gasteiger partial charge in [-0.3, -0.25) is 9.48 Å². The first-order chi connectivity index (χ1) is 10.2. The molecule has 1 aromatic heterocycles. The maximum Gasteiger partial charge on any atom is 0.343 e. The molecule has 0 aliphatic heterocycles. The Hall–Kier alpha value is -2.83. The lowest BCUT2D eigenvalue weighted by atomic mass is 10.3. The van der Waals surface area contributed by atoms with E-state index in [2.05, 4.69) is 15.2 Å². The number of amides is 1. The summed E-state index contributed by atoms with van der Waals surface area (Å²) in [5, 5.41) is 6.68. The van der Waals surface area contributed by atoms with Gasteiger partial charge in [0.25, 0.3) is 0 Å². The zero-order chi connectivity index (χ0) is 15.1. The van der Waals surface area contributed by atoms with Crippen molar-refractivity contribution in [3.05, 3.63) is 42.7 Å². The number of aromatic nitrogens is 2. The van der Waals surface area contributed by atoms with Gasteiger partial charge in [0, 0.05) is 24.1 Å². The van der Waals surface area contributed by atoms with Gasteiger partial charge in [0.05, 0.1) is 7.11 Å². The second-order valence-corrected chi connectivity index (χ2v) is 4.14. The van der Waals surface area contributed by atoms with Gasteiger partial charge in [0.1, 0.15) is 12.3 Å². The lowest BCUT2D eigenvalue weighted by molar-refractivity contribution is -0.142. The molecular formula is C14H15N3O4. The molecule has 0 fully saturated rings. The summed E-state index contributed by atoms with van der Waals surface area (Å²) in [5.74, 6) is -0.204. The lowest BCUT2D eigenvalue weighted by Gasteiger charge is -2.08. The van der Waals surface area contributed by atoms with E-state index in [1.807, 2.05) is 0 Å². The molecule has 1 amide bonds. The molecule has 0 atom stereocenters. The van der Waals surface area contributed by atoms with E-state index in [0.29, 0.717) is 11.4 Å². The predicted molar refractivity (Wildman–Crippen MR) is 74.8 cm³/mol. The maximum atomic E-state index is 11.8. The van der Waals surface area contributed by atoms with Crippen LogP contribution in [0.1, 0.15) is 0 Å². The molecule has 0 radical (unpaired) electrons. The summed E-state index contributed by atoms with van der Waals surface area (Å²) < 4.78 is 11.2. The van der Waals surface area contributed by atoms with Crippen LogP contribution in [0.2, 0.25) is 0 Å². The smallest absolute Gasteiger partial charge is 0.343 e. The molecule has 7 heteroatoms. The molecule has 0 aliphatic carbocycles. The standard InChI is InChI=1S/C14H15N3O4/c1-20-14(19)10-21-12-5-2-4-11(8-12)16-13(18)9-17-7-3-6-15-17/h2-8H,9-10H2,1H3,(H,16,18). The van der Waals surface area contributed by atoms with Crippen LogP contribution in [0.25, 0.3) is 0 Å². The fourth-order valence-corrected chi connectivity index (χ4v) is 1.61. The van der Waals surface area contributed by atoms with Crippen molar-refractivity contribution < 1.29 is 19.1 Å². The second kappa shape index (κ2) is 7.09. The SMILES string of the molecule is COC(=O)COc1cccc(NC(=O)Cn2cccn2)c1. The van der Waals surface area contributed by atoms with Crippen LogP contribution in [0.3, 0.4) is 0 Å². The minimum absolute atomic E-state index is 0.125. The van der Waals surface area contributed by atoms with E-state index < -0.39 is 5.97 Å². The van der Waals surface area contributed by atoms with Crippen LogP contribution in [0.4, 0.5) is 5.69 Å². The van der Waals surface area contributed by atoms with Crippen molar-refractivity contribution in [2.24, 2.45) is 0 Å². The van der Waals surface area contributed by atoms with E-state index in [0.717, 1.165) is 0 Å². The minimum atomic E-state index is -0.469. The molecule has 0 spiro atoms. The third-order valence-electron chi connectivity index (χ3n) is 2.57. The van der Waals surface area contributed by atoms with Crippen LogP contribution in [-0.2, 0) is 20.9 Å². The van der Waals surface area contributed by atoms with Crippen molar-refractivity contribution in [3.63, 3.8) is 0 Å². The van der Waals surface area contributed by atoms with Crippen LogP contribution in [0, 0.1) is 0 Å². The number of nitrogens with one attached hydrogen (secondary N) is 1. The van der Waals surface area contributed by atoms with E-state index in [-0.39, 0.29) is 19.1 Å². The topological polar surface area (TPSA) is 82.5 Å². The Bertz CT molecular complexity index is 610. The van der Waals surface area contributed by atoms with Crippen LogP contribution in [0.5, 0.6) is 5.75 Å². The second-order valence-electron chi connectivity index (χ2n) is 4.14. The first-order valence-corrected chi connectivity index (χ1v) is 6.24. The van der Waals surface area contributed by atoms with Crippen molar-refractivity contribution in [2.45, 2.75) is 6.54 Å². The first kappa shape index (κ1) is 14.6. The summed E-state index contributed by atoms with van der Waals surface area (Å²) in [6.07, 6.45) is 3.31. The molecule has 110 valence electrons. The van der Waals surface area contributed by atoms with Gasteiger partial charge in [-0.25, -0.2) is 4.79 Å². The van der Waals surface area contributed by atoms with Crippen molar-refractivity contribution in [3.8, 4) is 5.75 Å². The molecule has 1 N–H and O–H groups in total. The molecule has 7 nitrogen and oxygen atoms in total. The van der Waals surface area contributed by atoms with E-state index in [1.54, 1.807) is 42.7 Å². The first-order valence-electron chi connectivity index (χ1n) is 6.24. The number of carbonyl (C=O) groups is 2. The number of hydrogen-bond donors (Lipinski definition) is 1. The lowest BCUT2D eigenvalue weighted by Crippen LogP contribution is -2.19. The van der Waals surface area contributed by atoms with E-state index in [4.69, 9.17) is 4.74 Å². The predicted octanol–water partition coefficient (Wildman–Crippen LogP) is 1.07. The largest absolute Gasteiger partial charge is 0.482 e. The van der Waals surface area contributed by atoms with Crippen LogP contribution in [-0.4, -0.2) is 35.4 Å². The highest BCUT2D eigenvalue weighted by molar-refractivity contribution is 5.90. The van der Waals surface area contributed by atoms with Gasteiger partial charge in [0.2, 0.25) is 5.91 Å². The number of carbonyl (C=O) groups excluding carboxylic acids is 2. The Balaban J connectivity index is 1.91. The average molecular weight is 289 g/mol. The zero-order valence-electron chi connectivity index (χ0n) is 11.5. The Morgan fingerprint density at radius 2 is 2.19 bits per heavy atom. The Morgan fingerprint density at radius 1 is 1.33 bits per heavy atom. The Kier molecular flexibility index (Phi) is 4.92. The number of esters is 1. The highest BCUT2D eigenvalue weighted by Crippen LogP contribution is 2.17. The molecule has 0 aliphatic rings. The Labute approximate surface area is 121 Å². The van der Waals surface area contributed by atoms with Gasteiger partial charge in [-0.1, -0.05) is 6.07 Å². The number of benzene rings is 1. The highest BCUT2D eigenvalue weighted by atomic mass is 16.6. The monoisotopic (exact) mass is 289 g/mol. The third kappa shape index (κ3) is 4.64. The number of anilines is 1. The van der Waals surface area contributed by atoms with Gasteiger partial charge < -0.3 is 14.8 Å². The highest BCUT2D eigenvalue weighted by Gasteiger charge is 2.06. The average Bonchev–Trinajstić information content (AvgIpc) is 2.97. The molecule has 0 saturated carbocycles. The fourth-order valence-electron chi connectivity index (χ4n) is 1.61. The quantitative estimate of drug-likeness (QED) is 0.804. The molecular weight excluding hydrogens is 274 g/mol. The van der Waals surface area contributed by atoms with Gasteiger partial charge in [-0.2, -0.15) is 5.10 Å². The van der Waals surface area contributed by atoms with Gasteiger partial charge >= 0.3 is 5.97 Å². The van der Waals surface area contributed by atoms with E-state index in [1.165, 1.54) is 11.8 Å². The zero-order valence-corrected chi connectivity index (χ0v) is 11.5. The molecule has 2 aromatic rings. The maximum absolute atomic E-state index is 11.8. The van der Waals surface area contributed by atoms with E-state index >= 15 is 0 Å². The number of hydrogen-bond acceptors (Lipinski definition) is 5. The molecule has 21 heavy (non-hydrogen) atoms. The molecule has 0 unspecified atom stereocenters. The van der Waals surface area contributed by atoms with Crippen molar-refractivity contribution in [2.75, 3.05) is 19.0 Å². The summed E-state index contributed by atoms with van der Waals surface area (Å²) in [6, 6.07) is 8.51. The van der Waals surface area contributed by atoms with Crippen molar-refractivity contribution in [1.29, 1.82) is 0 Å². The Morgan fingerprint density at radius 3 is 2.90 bits per heavy atom. The minimum Gasteiger partial charge on any atom is -0.482 e. The number of methoxy groups -OCH3 is 1. The summed E-state index contributed by atoms with van der Waals surface area (Å²) >= 11 is 0. The third-order valence-corrected chi connectivity index (χ3v) is 2.57. The molecule has 2 rings (SSSR count). The van der Waals surface area contributed by atoms with Crippen molar-refractivity contribution in [1.82, 2.24) is 9.78 Å². The van der Waals surface area contributed by atoms with Crippen LogP contribution < -0.4 is 10.1 Å². The number of ether oxygens (including phenoxy) is 2. The molecule has 0 bridgehead atoms. The van der Waals surface area contributed by atoms with Crippen LogP contribution in [0.15, 0.2) is 42.7 Å². The normalized spacial score (nSPS) is 9.95. The molecule has 1 heterocycles. The number of rotatable bonds is 6. The van der Waals surface area contributed by atoms with Gasteiger partial charge in [0.15, 0.2) is 6.61 Å². The summed E-state index contributed by atoms with van der Waals surface area (Å²) in [4.78, 5) is 22.8. The van der Waals surface area contributed by atoms with Crippen molar-refractivity contribution >= 4 is 17.6 Å². The van der Waals surface area contributed by atoms with Gasteiger partial charge in [-0.15, -0.1) is 0 Å². The summed E-state index contributed by atoms with van der Waals surface area (Å²) in [6.45, 7) is -0.0541.